The fourth-order valence-electron chi connectivity index (χ4n) is 1.78. The molecular weight excluding hydrogens is 203 g/mol. The standard InChI is InChI=1S/C13H21FN2/c1-3-9-16(2)10-8-13(15)11-6-4-5-7-12(11)14/h4-7,13H,3,8-10,15H2,1-2H3. The van der Waals surface area contributed by atoms with Gasteiger partial charge in [-0.05, 0) is 39.0 Å². The molecule has 2 nitrogen and oxygen atoms in total. The van der Waals surface area contributed by atoms with Crippen LogP contribution >= 0.6 is 0 Å². The van der Waals surface area contributed by atoms with E-state index in [9.17, 15) is 4.39 Å². The quantitative estimate of drug-likeness (QED) is 0.804. The van der Waals surface area contributed by atoms with E-state index in [4.69, 9.17) is 5.73 Å². The summed E-state index contributed by atoms with van der Waals surface area (Å²) in [4.78, 5) is 2.22. The molecule has 1 atom stereocenters. The topological polar surface area (TPSA) is 29.3 Å². The average Bonchev–Trinajstić information content (AvgIpc) is 2.27. The van der Waals surface area contributed by atoms with Crippen LogP contribution in [0.15, 0.2) is 24.3 Å². The molecule has 0 radical (unpaired) electrons. The lowest BCUT2D eigenvalue weighted by molar-refractivity contribution is 0.318. The Labute approximate surface area is 97.3 Å². The molecule has 1 rings (SSSR count). The number of halogens is 1. The van der Waals surface area contributed by atoms with Gasteiger partial charge in [-0.1, -0.05) is 25.1 Å². The van der Waals surface area contributed by atoms with Crippen molar-refractivity contribution in [2.75, 3.05) is 20.1 Å². The molecule has 3 heteroatoms. The summed E-state index contributed by atoms with van der Waals surface area (Å²) in [6.45, 7) is 4.11. The third-order valence-electron chi connectivity index (χ3n) is 2.73. The zero-order valence-electron chi connectivity index (χ0n) is 10.1. The highest BCUT2D eigenvalue weighted by atomic mass is 19.1. The predicted octanol–water partition coefficient (Wildman–Crippen LogP) is 2.56. The van der Waals surface area contributed by atoms with Gasteiger partial charge in [0.2, 0.25) is 0 Å². The van der Waals surface area contributed by atoms with Crippen LogP contribution in [0.25, 0.3) is 0 Å². The highest BCUT2D eigenvalue weighted by molar-refractivity contribution is 5.20. The molecule has 2 N–H and O–H groups in total. The monoisotopic (exact) mass is 224 g/mol. The van der Waals surface area contributed by atoms with Gasteiger partial charge in [0.15, 0.2) is 0 Å². The first-order valence-corrected chi connectivity index (χ1v) is 5.83. The summed E-state index contributed by atoms with van der Waals surface area (Å²) < 4.78 is 13.4. The summed E-state index contributed by atoms with van der Waals surface area (Å²) in [5.41, 5.74) is 6.59. The highest BCUT2D eigenvalue weighted by Gasteiger charge is 2.11. The van der Waals surface area contributed by atoms with Crippen LogP contribution in [0.1, 0.15) is 31.4 Å². The summed E-state index contributed by atoms with van der Waals surface area (Å²) in [6.07, 6.45) is 1.92. The number of nitrogens with two attached hydrogens (primary N) is 1. The summed E-state index contributed by atoms with van der Waals surface area (Å²) in [5, 5.41) is 0. The molecule has 1 aromatic rings. The minimum absolute atomic E-state index is 0.201. The first-order valence-electron chi connectivity index (χ1n) is 5.83. The molecule has 0 aliphatic heterocycles. The Bertz CT molecular complexity index is 315. The summed E-state index contributed by atoms with van der Waals surface area (Å²) in [6, 6.07) is 6.54. The molecule has 0 spiro atoms. The maximum absolute atomic E-state index is 13.4. The Morgan fingerprint density at radius 1 is 1.31 bits per heavy atom. The number of rotatable bonds is 6. The van der Waals surface area contributed by atoms with E-state index in [1.807, 2.05) is 6.07 Å². The van der Waals surface area contributed by atoms with Crippen LogP contribution in [0.5, 0.6) is 0 Å². The number of nitrogens with zero attached hydrogens (tertiary/aromatic N) is 1. The minimum atomic E-state index is -0.208. The third kappa shape index (κ3) is 3.91. The van der Waals surface area contributed by atoms with Crippen molar-refractivity contribution in [2.45, 2.75) is 25.8 Å². The summed E-state index contributed by atoms with van der Waals surface area (Å²) in [7, 11) is 2.07. The lowest BCUT2D eigenvalue weighted by Gasteiger charge is -2.19. The number of benzene rings is 1. The Hall–Kier alpha value is -0.930. The summed E-state index contributed by atoms with van der Waals surface area (Å²) in [5.74, 6) is -0.201. The van der Waals surface area contributed by atoms with Crippen LogP contribution < -0.4 is 5.73 Å². The first-order chi connectivity index (χ1) is 7.65. The normalized spacial score (nSPS) is 13.1. The highest BCUT2D eigenvalue weighted by Crippen LogP contribution is 2.17. The Balaban J connectivity index is 2.46. The number of hydrogen-bond donors (Lipinski definition) is 1. The fraction of sp³-hybridized carbons (Fsp3) is 0.538. The van der Waals surface area contributed by atoms with Crippen LogP contribution in [-0.2, 0) is 0 Å². The molecule has 90 valence electrons. The summed E-state index contributed by atoms with van der Waals surface area (Å²) >= 11 is 0. The van der Waals surface area contributed by atoms with Gasteiger partial charge in [-0.2, -0.15) is 0 Å². The molecule has 0 bridgehead atoms. The molecule has 1 unspecified atom stereocenters. The van der Waals surface area contributed by atoms with Gasteiger partial charge >= 0.3 is 0 Å². The molecular formula is C13H21FN2. The van der Waals surface area contributed by atoms with Gasteiger partial charge in [0, 0.05) is 11.6 Å². The maximum atomic E-state index is 13.4. The van der Waals surface area contributed by atoms with E-state index in [2.05, 4.69) is 18.9 Å². The van der Waals surface area contributed by atoms with Gasteiger partial charge in [0.25, 0.3) is 0 Å². The average molecular weight is 224 g/mol. The van der Waals surface area contributed by atoms with Crippen molar-refractivity contribution in [1.29, 1.82) is 0 Å². The molecule has 0 aromatic heterocycles. The molecule has 0 aliphatic rings. The SMILES string of the molecule is CCCN(C)CCC(N)c1ccccc1F. The van der Waals surface area contributed by atoms with E-state index in [-0.39, 0.29) is 11.9 Å². The molecule has 0 saturated heterocycles. The van der Waals surface area contributed by atoms with Gasteiger partial charge in [-0.3, -0.25) is 0 Å². The lowest BCUT2D eigenvalue weighted by atomic mass is 10.0. The maximum Gasteiger partial charge on any atom is 0.127 e. The molecule has 1 aromatic carbocycles. The van der Waals surface area contributed by atoms with Crippen LogP contribution in [0.3, 0.4) is 0 Å². The van der Waals surface area contributed by atoms with Gasteiger partial charge in [-0.25, -0.2) is 4.39 Å². The van der Waals surface area contributed by atoms with E-state index in [1.54, 1.807) is 12.1 Å². The molecule has 0 aliphatic carbocycles. The van der Waals surface area contributed by atoms with Crippen molar-refractivity contribution in [3.8, 4) is 0 Å². The minimum Gasteiger partial charge on any atom is -0.324 e. The van der Waals surface area contributed by atoms with Gasteiger partial charge in [-0.15, -0.1) is 0 Å². The zero-order chi connectivity index (χ0) is 12.0. The van der Waals surface area contributed by atoms with Crippen molar-refractivity contribution in [2.24, 2.45) is 5.73 Å². The second-order valence-corrected chi connectivity index (χ2v) is 4.22. The molecule has 0 heterocycles. The van der Waals surface area contributed by atoms with Crippen LogP contribution in [0.4, 0.5) is 4.39 Å². The van der Waals surface area contributed by atoms with Crippen LogP contribution in [-0.4, -0.2) is 25.0 Å². The van der Waals surface area contributed by atoms with E-state index in [0.717, 1.165) is 25.9 Å². The van der Waals surface area contributed by atoms with Crippen molar-refractivity contribution in [1.82, 2.24) is 4.90 Å². The van der Waals surface area contributed by atoms with Gasteiger partial charge < -0.3 is 10.6 Å². The van der Waals surface area contributed by atoms with E-state index in [1.165, 1.54) is 6.07 Å². The van der Waals surface area contributed by atoms with Gasteiger partial charge in [0.05, 0.1) is 0 Å². The molecule has 0 saturated carbocycles. The second kappa shape index (κ2) is 6.61. The van der Waals surface area contributed by atoms with Crippen molar-refractivity contribution < 1.29 is 4.39 Å². The molecule has 16 heavy (non-hydrogen) atoms. The van der Waals surface area contributed by atoms with Crippen LogP contribution in [0, 0.1) is 5.82 Å². The van der Waals surface area contributed by atoms with E-state index >= 15 is 0 Å². The Kier molecular flexibility index (Phi) is 5.43. The van der Waals surface area contributed by atoms with Crippen molar-refractivity contribution >= 4 is 0 Å². The van der Waals surface area contributed by atoms with Crippen molar-refractivity contribution in [3.05, 3.63) is 35.6 Å². The third-order valence-corrected chi connectivity index (χ3v) is 2.73. The van der Waals surface area contributed by atoms with E-state index < -0.39 is 0 Å². The predicted molar refractivity (Wildman–Crippen MR) is 65.7 cm³/mol. The van der Waals surface area contributed by atoms with Gasteiger partial charge in [0.1, 0.15) is 5.82 Å². The lowest BCUT2D eigenvalue weighted by Crippen LogP contribution is -2.24. The zero-order valence-corrected chi connectivity index (χ0v) is 10.1. The number of hydrogen-bond acceptors (Lipinski definition) is 2. The van der Waals surface area contributed by atoms with E-state index in [0.29, 0.717) is 5.56 Å². The smallest absolute Gasteiger partial charge is 0.127 e. The van der Waals surface area contributed by atoms with Crippen molar-refractivity contribution in [3.63, 3.8) is 0 Å². The molecule has 0 amide bonds. The Morgan fingerprint density at radius 2 is 2.00 bits per heavy atom. The van der Waals surface area contributed by atoms with Crippen LogP contribution in [0.2, 0.25) is 0 Å². The molecule has 0 fully saturated rings. The first kappa shape index (κ1) is 13.1. The Morgan fingerprint density at radius 3 is 2.62 bits per heavy atom. The second-order valence-electron chi connectivity index (χ2n) is 4.22. The fourth-order valence-corrected chi connectivity index (χ4v) is 1.78. The largest absolute Gasteiger partial charge is 0.324 e.